The maximum absolute atomic E-state index is 12.3. The molecule has 6 nitrogen and oxygen atoms in total. The first-order valence-electron chi connectivity index (χ1n) is 6.75. The third kappa shape index (κ3) is 5.28. The molecule has 0 saturated carbocycles. The molecule has 1 unspecified atom stereocenters. The van der Waals surface area contributed by atoms with Gasteiger partial charge in [0, 0.05) is 11.6 Å². The first-order chi connectivity index (χ1) is 9.80. The minimum absolute atomic E-state index is 0.129. The zero-order chi connectivity index (χ0) is 16.0. The summed E-state index contributed by atoms with van der Waals surface area (Å²) in [6.07, 6.45) is 0.718. The lowest BCUT2D eigenvalue weighted by Gasteiger charge is -2.17. The Morgan fingerprint density at radius 2 is 2.05 bits per heavy atom. The third-order valence-electron chi connectivity index (χ3n) is 3.10. The molecule has 1 aromatic carbocycles. The Morgan fingerprint density at radius 3 is 2.57 bits per heavy atom. The van der Waals surface area contributed by atoms with Gasteiger partial charge in [0.1, 0.15) is 5.75 Å². The topological polar surface area (TPSA) is 78.9 Å². The van der Waals surface area contributed by atoms with Gasteiger partial charge in [-0.1, -0.05) is 0 Å². The molecule has 1 aromatic rings. The summed E-state index contributed by atoms with van der Waals surface area (Å²) in [5.41, 5.74) is 0.446. The molecule has 0 amide bonds. The molecule has 0 heterocycles. The quantitative estimate of drug-likeness (QED) is 0.742. The number of benzene rings is 1. The number of nitrogens with zero attached hydrogens (tertiary/aromatic N) is 1. The second kappa shape index (κ2) is 7.74. The van der Waals surface area contributed by atoms with Crippen LogP contribution in [0, 0.1) is 0 Å². The molecule has 0 aliphatic heterocycles. The molecular formula is C14H24N2O4S. The first-order valence-corrected chi connectivity index (χ1v) is 8.23. The maximum Gasteiger partial charge on any atom is 0.240 e. The van der Waals surface area contributed by atoms with Gasteiger partial charge in [-0.15, -0.1) is 0 Å². The Bertz CT molecular complexity index is 558. The van der Waals surface area contributed by atoms with Gasteiger partial charge in [0.25, 0.3) is 0 Å². The van der Waals surface area contributed by atoms with E-state index < -0.39 is 10.0 Å². The Balaban J connectivity index is 2.87. The third-order valence-corrected chi connectivity index (χ3v) is 4.69. The summed E-state index contributed by atoms with van der Waals surface area (Å²) in [6, 6.07) is 4.28. The molecule has 21 heavy (non-hydrogen) atoms. The molecule has 120 valence electrons. The number of hydrogen-bond donors (Lipinski definition) is 2. The van der Waals surface area contributed by atoms with E-state index in [9.17, 15) is 13.5 Å². The largest absolute Gasteiger partial charge is 0.496 e. The SMILES string of the molecule is COc1ccc(S(=O)(=O)NC(C)CCN(C)C)cc1CO. The van der Waals surface area contributed by atoms with Crippen LogP contribution in [0.25, 0.3) is 0 Å². The normalized spacial score (nSPS) is 13.4. The summed E-state index contributed by atoms with van der Waals surface area (Å²) in [7, 11) is 1.76. The van der Waals surface area contributed by atoms with Crippen LogP contribution in [0.2, 0.25) is 0 Å². The number of aliphatic hydroxyl groups excluding tert-OH is 1. The average molecular weight is 316 g/mol. The fourth-order valence-electron chi connectivity index (χ4n) is 1.89. The molecule has 7 heteroatoms. The van der Waals surface area contributed by atoms with Crippen LogP contribution >= 0.6 is 0 Å². The zero-order valence-corrected chi connectivity index (χ0v) is 13.8. The van der Waals surface area contributed by atoms with E-state index in [0.29, 0.717) is 11.3 Å². The number of ether oxygens (including phenoxy) is 1. The molecule has 1 rings (SSSR count). The van der Waals surface area contributed by atoms with Crippen LogP contribution in [-0.4, -0.2) is 52.2 Å². The van der Waals surface area contributed by atoms with Crippen LogP contribution in [-0.2, 0) is 16.6 Å². The molecule has 0 saturated heterocycles. The predicted molar refractivity (Wildman–Crippen MR) is 81.9 cm³/mol. The van der Waals surface area contributed by atoms with Crippen LogP contribution in [0.15, 0.2) is 23.1 Å². The summed E-state index contributed by atoms with van der Waals surface area (Å²) >= 11 is 0. The van der Waals surface area contributed by atoms with Crippen molar-refractivity contribution in [2.75, 3.05) is 27.7 Å². The van der Waals surface area contributed by atoms with Crippen LogP contribution in [0.5, 0.6) is 5.75 Å². The van der Waals surface area contributed by atoms with Crippen molar-refractivity contribution in [1.82, 2.24) is 9.62 Å². The van der Waals surface area contributed by atoms with Gasteiger partial charge in [0.15, 0.2) is 0 Å². The highest BCUT2D eigenvalue weighted by Gasteiger charge is 2.19. The Hall–Kier alpha value is -1.15. The van der Waals surface area contributed by atoms with E-state index in [1.807, 2.05) is 25.9 Å². The monoisotopic (exact) mass is 316 g/mol. The second-order valence-electron chi connectivity index (χ2n) is 5.25. The summed E-state index contributed by atoms with van der Waals surface area (Å²) in [5.74, 6) is 0.470. The van der Waals surface area contributed by atoms with Crippen molar-refractivity contribution >= 4 is 10.0 Å². The molecule has 0 aliphatic rings. The van der Waals surface area contributed by atoms with Crippen LogP contribution in [0.3, 0.4) is 0 Å². The van der Waals surface area contributed by atoms with Gasteiger partial charge in [-0.3, -0.25) is 0 Å². The van der Waals surface area contributed by atoms with E-state index in [2.05, 4.69) is 4.72 Å². The van der Waals surface area contributed by atoms with Gasteiger partial charge in [0.2, 0.25) is 10.0 Å². The molecule has 0 fully saturated rings. The number of rotatable bonds is 8. The van der Waals surface area contributed by atoms with Crippen molar-refractivity contribution in [1.29, 1.82) is 0 Å². The van der Waals surface area contributed by atoms with Gasteiger partial charge in [-0.2, -0.15) is 0 Å². The van der Waals surface area contributed by atoms with Gasteiger partial charge in [0.05, 0.1) is 18.6 Å². The van der Waals surface area contributed by atoms with E-state index >= 15 is 0 Å². The van der Waals surface area contributed by atoms with Crippen LogP contribution < -0.4 is 9.46 Å². The lowest BCUT2D eigenvalue weighted by atomic mass is 10.2. The minimum Gasteiger partial charge on any atom is -0.496 e. The number of hydrogen-bond acceptors (Lipinski definition) is 5. The lowest BCUT2D eigenvalue weighted by molar-refractivity contribution is 0.273. The minimum atomic E-state index is -3.60. The van der Waals surface area contributed by atoms with E-state index in [0.717, 1.165) is 13.0 Å². The highest BCUT2D eigenvalue weighted by atomic mass is 32.2. The molecule has 0 bridgehead atoms. The number of nitrogens with one attached hydrogen (secondary N) is 1. The zero-order valence-electron chi connectivity index (χ0n) is 13.0. The summed E-state index contributed by atoms with van der Waals surface area (Å²) < 4.78 is 32.3. The van der Waals surface area contributed by atoms with Crippen molar-refractivity contribution in [3.8, 4) is 5.75 Å². The molecule has 1 atom stereocenters. The number of aliphatic hydroxyl groups is 1. The first kappa shape index (κ1) is 17.9. The van der Waals surface area contributed by atoms with Crippen molar-refractivity contribution in [3.05, 3.63) is 23.8 Å². The van der Waals surface area contributed by atoms with Crippen molar-refractivity contribution < 1.29 is 18.3 Å². The van der Waals surface area contributed by atoms with Gasteiger partial charge < -0.3 is 14.7 Å². The summed E-state index contributed by atoms with van der Waals surface area (Å²) in [5, 5.41) is 9.27. The fraction of sp³-hybridized carbons (Fsp3) is 0.571. The molecule has 0 aliphatic carbocycles. The molecular weight excluding hydrogens is 292 g/mol. The Labute approximate surface area is 126 Å². The maximum atomic E-state index is 12.3. The van der Waals surface area contributed by atoms with Crippen molar-refractivity contribution in [2.24, 2.45) is 0 Å². The van der Waals surface area contributed by atoms with Crippen molar-refractivity contribution in [3.63, 3.8) is 0 Å². The van der Waals surface area contributed by atoms with Crippen molar-refractivity contribution in [2.45, 2.75) is 30.9 Å². The predicted octanol–water partition coefficient (Wildman–Crippen LogP) is 0.806. The van der Waals surface area contributed by atoms with E-state index in [4.69, 9.17) is 4.74 Å². The van der Waals surface area contributed by atoms with Gasteiger partial charge >= 0.3 is 0 Å². The second-order valence-corrected chi connectivity index (χ2v) is 6.96. The van der Waals surface area contributed by atoms with Gasteiger partial charge in [-0.05, 0) is 52.2 Å². The highest BCUT2D eigenvalue weighted by Crippen LogP contribution is 2.22. The molecule has 0 radical (unpaired) electrons. The standard InChI is InChI=1S/C14H24N2O4S/c1-11(7-8-16(2)3)15-21(18,19)13-5-6-14(20-4)12(9-13)10-17/h5-6,9,11,15,17H,7-8,10H2,1-4H3. The van der Waals surface area contributed by atoms with Crippen LogP contribution in [0.1, 0.15) is 18.9 Å². The van der Waals surface area contributed by atoms with Gasteiger partial charge in [-0.25, -0.2) is 13.1 Å². The average Bonchev–Trinajstić information content (AvgIpc) is 2.43. The van der Waals surface area contributed by atoms with E-state index in [1.165, 1.54) is 19.2 Å². The fourth-order valence-corrected chi connectivity index (χ4v) is 3.22. The smallest absolute Gasteiger partial charge is 0.240 e. The molecule has 0 spiro atoms. The summed E-state index contributed by atoms with van der Waals surface area (Å²) in [6.45, 7) is 2.36. The lowest BCUT2D eigenvalue weighted by Crippen LogP contribution is -2.34. The van der Waals surface area contributed by atoms with E-state index in [1.54, 1.807) is 6.07 Å². The molecule has 0 aromatic heterocycles. The summed E-state index contributed by atoms with van der Waals surface area (Å²) in [4.78, 5) is 2.13. The number of methoxy groups -OCH3 is 1. The highest BCUT2D eigenvalue weighted by molar-refractivity contribution is 7.89. The number of sulfonamides is 1. The molecule has 2 N–H and O–H groups in total. The Morgan fingerprint density at radius 1 is 1.38 bits per heavy atom. The van der Waals surface area contributed by atoms with Crippen LogP contribution in [0.4, 0.5) is 0 Å². The Kier molecular flexibility index (Phi) is 6.60. The van der Waals surface area contributed by atoms with E-state index in [-0.39, 0.29) is 17.5 Å².